The van der Waals surface area contributed by atoms with Gasteiger partial charge in [0.15, 0.2) is 6.10 Å². The summed E-state index contributed by atoms with van der Waals surface area (Å²) in [7, 11) is 0. The number of amides is 2. The number of H-pyrrole nitrogens is 1. The highest BCUT2D eigenvalue weighted by atomic mass is 16.5. The molecule has 0 radical (unpaired) electrons. The third kappa shape index (κ3) is 3.72. The maximum atomic E-state index is 13.2. The number of hydrogen-bond acceptors (Lipinski definition) is 5. The normalized spacial score (nSPS) is 26.0. The molecule has 29 heavy (non-hydrogen) atoms. The first-order valence-electron chi connectivity index (χ1n) is 9.95. The Morgan fingerprint density at radius 2 is 2.17 bits per heavy atom. The minimum Gasteiger partial charge on any atom is -0.480 e. The molecule has 2 aromatic rings. The van der Waals surface area contributed by atoms with Crippen molar-refractivity contribution in [2.24, 2.45) is 5.92 Å². The predicted octanol–water partition coefficient (Wildman–Crippen LogP) is 1.22. The monoisotopic (exact) mass is 398 g/mol. The van der Waals surface area contributed by atoms with Gasteiger partial charge in [0.05, 0.1) is 12.2 Å². The molecule has 154 valence electrons. The number of aryl methyl sites for hydroxylation is 1. The minimum atomic E-state index is -0.565. The molecule has 0 bridgehead atoms. The summed E-state index contributed by atoms with van der Waals surface area (Å²) in [5.41, 5.74) is 1.40. The predicted molar refractivity (Wildman–Crippen MR) is 106 cm³/mol. The molecule has 1 aromatic carbocycles. The number of aliphatic hydroxyl groups is 1. The summed E-state index contributed by atoms with van der Waals surface area (Å²) in [5.74, 6) is 0.897. The van der Waals surface area contributed by atoms with Gasteiger partial charge in [0.25, 0.3) is 11.8 Å². The van der Waals surface area contributed by atoms with E-state index in [4.69, 9.17) is 4.74 Å². The topological polar surface area (TPSA) is 108 Å². The quantitative estimate of drug-likeness (QED) is 0.718. The average molecular weight is 398 g/mol. The van der Waals surface area contributed by atoms with Gasteiger partial charge in [0.1, 0.15) is 17.3 Å². The van der Waals surface area contributed by atoms with E-state index in [-0.39, 0.29) is 36.3 Å². The molecule has 2 aliphatic heterocycles. The van der Waals surface area contributed by atoms with Crippen LogP contribution in [0.3, 0.4) is 0 Å². The van der Waals surface area contributed by atoms with Gasteiger partial charge in [-0.15, -0.1) is 0 Å². The molecule has 0 spiro atoms. The van der Waals surface area contributed by atoms with E-state index in [0.717, 1.165) is 11.3 Å². The number of piperidine rings is 1. The Balaban J connectivity index is 1.45. The number of aromatic nitrogens is 2. The first kappa shape index (κ1) is 19.4. The summed E-state index contributed by atoms with van der Waals surface area (Å²) in [4.78, 5) is 34.4. The molecule has 3 N–H and O–H groups in total. The third-order valence-corrected chi connectivity index (χ3v) is 5.93. The number of carbonyl (C=O) groups is 2. The molecule has 0 aliphatic carbocycles. The molecule has 4 atom stereocenters. The number of nitrogens with zero attached hydrogens (tertiary/aromatic N) is 2. The maximum Gasteiger partial charge on any atom is 0.269 e. The van der Waals surface area contributed by atoms with Crippen LogP contribution in [0.2, 0.25) is 0 Å². The van der Waals surface area contributed by atoms with Gasteiger partial charge in [-0.25, -0.2) is 4.98 Å². The molecule has 0 saturated carbocycles. The first-order chi connectivity index (χ1) is 14.0. The Hall–Kier alpha value is -2.87. The first-order valence-corrected chi connectivity index (χ1v) is 9.95. The standard InChI is InChI=1S/C21H26N4O4/c1-12-15-5-3-4-6-18(15)29-19(12)21(28)25-8-7-14(11-26)17(10-25)24-20(27)16-9-22-13(2)23-16/h3-6,9,12,14,17,19,26H,7-8,10-11H2,1-2H3,(H,22,23)(H,24,27)/t12-,14-,17+,19+/m0/s1. The van der Waals surface area contributed by atoms with E-state index in [1.807, 2.05) is 31.2 Å². The third-order valence-electron chi connectivity index (χ3n) is 5.93. The number of para-hydroxylation sites is 1. The van der Waals surface area contributed by atoms with Gasteiger partial charge in [0, 0.05) is 37.1 Å². The molecule has 0 unspecified atom stereocenters. The van der Waals surface area contributed by atoms with Crippen molar-refractivity contribution in [1.29, 1.82) is 0 Å². The van der Waals surface area contributed by atoms with E-state index in [1.165, 1.54) is 6.20 Å². The summed E-state index contributed by atoms with van der Waals surface area (Å²) in [5, 5.41) is 12.7. The molecular formula is C21H26N4O4. The smallest absolute Gasteiger partial charge is 0.269 e. The van der Waals surface area contributed by atoms with Gasteiger partial charge in [-0.2, -0.15) is 0 Å². The van der Waals surface area contributed by atoms with Crippen molar-refractivity contribution in [2.75, 3.05) is 19.7 Å². The van der Waals surface area contributed by atoms with Gasteiger partial charge in [0.2, 0.25) is 0 Å². The second-order valence-corrected chi connectivity index (χ2v) is 7.84. The van der Waals surface area contributed by atoms with Crippen LogP contribution in [-0.4, -0.2) is 63.6 Å². The van der Waals surface area contributed by atoms with Crippen molar-refractivity contribution in [1.82, 2.24) is 20.2 Å². The van der Waals surface area contributed by atoms with Gasteiger partial charge in [-0.1, -0.05) is 25.1 Å². The van der Waals surface area contributed by atoms with Crippen molar-refractivity contribution in [3.63, 3.8) is 0 Å². The number of nitrogens with one attached hydrogen (secondary N) is 2. The van der Waals surface area contributed by atoms with Crippen molar-refractivity contribution in [3.8, 4) is 5.75 Å². The van der Waals surface area contributed by atoms with Crippen LogP contribution < -0.4 is 10.1 Å². The lowest BCUT2D eigenvalue weighted by molar-refractivity contribution is -0.141. The molecule has 2 amide bonds. The molecule has 8 heteroatoms. The molecule has 8 nitrogen and oxygen atoms in total. The second-order valence-electron chi connectivity index (χ2n) is 7.84. The van der Waals surface area contributed by atoms with Crippen LogP contribution in [0.1, 0.15) is 41.1 Å². The number of rotatable bonds is 4. The van der Waals surface area contributed by atoms with Crippen molar-refractivity contribution >= 4 is 11.8 Å². The van der Waals surface area contributed by atoms with E-state index in [9.17, 15) is 14.7 Å². The molecule has 1 aromatic heterocycles. The van der Waals surface area contributed by atoms with Gasteiger partial charge in [-0.3, -0.25) is 9.59 Å². The number of aliphatic hydroxyl groups excluding tert-OH is 1. The number of likely N-dealkylation sites (tertiary alicyclic amines) is 1. The van der Waals surface area contributed by atoms with E-state index in [1.54, 1.807) is 11.8 Å². The zero-order valence-electron chi connectivity index (χ0n) is 16.6. The number of ether oxygens (including phenoxy) is 1. The molecule has 4 rings (SSSR count). The second kappa shape index (κ2) is 7.87. The highest BCUT2D eigenvalue weighted by Gasteiger charge is 2.41. The van der Waals surface area contributed by atoms with Crippen LogP contribution in [0.4, 0.5) is 0 Å². The van der Waals surface area contributed by atoms with E-state index in [2.05, 4.69) is 15.3 Å². The fraction of sp³-hybridized carbons (Fsp3) is 0.476. The van der Waals surface area contributed by atoms with Gasteiger partial charge >= 0.3 is 0 Å². The summed E-state index contributed by atoms with van der Waals surface area (Å²) >= 11 is 0. The number of benzene rings is 1. The Morgan fingerprint density at radius 1 is 1.38 bits per heavy atom. The van der Waals surface area contributed by atoms with E-state index in [0.29, 0.717) is 31.0 Å². The molecule has 2 aliphatic rings. The van der Waals surface area contributed by atoms with E-state index >= 15 is 0 Å². The van der Waals surface area contributed by atoms with Crippen LogP contribution in [0.5, 0.6) is 5.75 Å². The fourth-order valence-electron chi connectivity index (χ4n) is 4.18. The van der Waals surface area contributed by atoms with Crippen LogP contribution in [0.25, 0.3) is 0 Å². The Labute approximate surface area is 169 Å². The zero-order chi connectivity index (χ0) is 20.5. The Morgan fingerprint density at radius 3 is 2.86 bits per heavy atom. The number of imidazole rings is 1. The van der Waals surface area contributed by atoms with Gasteiger partial charge < -0.3 is 25.0 Å². The highest BCUT2D eigenvalue weighted by molar-refractivity contribution is 5.92. The zero-order valence-corrected chi connectivity index (χ0v) is 16.6. The summed E-state index contributed by atoms with van der Waals surface area (Å²) in [6.45, 7) is 4.59. The lowest BCUT2D eigenvalue weighted by atomic mass is 9.90. The largest absolute Gasteiger partial charge is 0.480 e. The van der Waals surface area contributed by atoms with Crippen LogP contribution in [0, 0.1) is 12.8 Å². The fourth-order valence-corrected chi connectivity index (χ4v) is 4.18. The number of aromatic amines is 1. The molecule has 1 saturated heterocycles. The molecular weight excluding hydrogens is 372 g/mol. The summed E-state index contributed by atoms with van der Waals surface area (Å²) in [6.07, 6.45) is 1.53. The number of hydrogen-bond donors (Lipinski definition) is 3. The SMILES string of the molecule is Cc1ncc(C(=O)N[C@@H]2CN(C(=O)[C@@H]3Oc4ccccc4[C@@H]3C)CC[C@H]2CO)[nH]1. The lowest BCUT2D eigenvalue weighted by Crippen LogP contribution is -2.57. The van der Waals surface area contributed by atoms with Crippen molar-refractivity contribution in [3.05, 3.63) is 47.5 Å². The number of carbonyl (C=O) groups excluding carboxylic acids is 2. The summed E-state index contributed by atoms with van der Waals surface area (Å²) < 4.78 is 5.93. The van der Waals surface area contributed by atoms with Crippen LogP contribution >= 0.6 is 0 Å². The Bertz CT molecular complexity index is 912. The maximum absolute atomic E-state index is 13.2. The minimum absolute atomic E-state index is 0.0322. The van der Waals surface area contributed by atoms with Crippen LogP contribution in [-0.2, 0) is 4.79 Å². The molecule has 1 fully saturated rings. The Kier molecular flexibility index (Phi) is 5.27. The van der Waals surface area contributed by atoms with Gasteiger partial charge in [-0.05, 0) is 19.4 Å². The van der Waals surface area contributed by atoms with Crippen molar-refractivity contribution in [2.45, 2.75) is 38.3 Å². The summed E-state index contributed by atoms with van der Waals surface area (Å²) in [6, 6.07) is 7.37. The van der Waals surface area contributed by atoms with E-state index < -0.39 is 6.10 Å². The highest BCUT2D eigenvalue weighted by Crippen LogP contribution is 2.38. The van der Waals surface area contributed by atoms with Crippen LogP contribution in [0.15, 0.2) is 30.5 Å². The number of fused-ring (bicyclic) bond motifs is 1. The lowest BCUT2D eigenvalue weighted by Gasteiger charge is -2.39. The molecule has 3 heterocycles. The van der Waals surface area contributed by atoms with Crippen molar-refractivity contribution < 1.29 is 19.4 Å². The average Bonchev–Trinajstić information content (AvgIpc) is 3.31.